The van der Waals surface area contributed by atoms with Crippen molar-refractivity contribution in [1.29, 1.82) is 0 Å². The van der Waals surface area contributed by atoms with Crippen molar-refractivity contribution in [1.82, 2.24) is 24.5 Å². The molecular weight excluding hydrogens is 536 g/mol. The minimum absolute atomic E-state index is 0.102. The van der Waals surface area contributed by atoms with Gasteiger partial charge in [0.2, 0.25) is 17.8 Å². The molecule has 1 aliphatic heterocycles. The predicted octanol–water partition coefficient (Wildman–Crippen LogP) is 6.62. The molecule has 2 aliphatic rings. The normalized spacial score (nSPS) is 19.4. The molecule has 1 unspecified atom stereocenters. The zero-order valence-corrected chi connectivity index (χ0v) is 24.1. The Bertz CT molecular complexity index is 1630. The van der Waals surface area contributed by atoms with Gasteiger partial charge in [0, 0.05) is 18.6 Å². The maximum Gasteiger partial charge on any atom is 0.296 e. The molecule has 42 heavy (non-hydrogen) atoms. The second-order valence-electron chi connectivity index (χ2n) is 11.8. The number of anilines is 2. The van der Waals surface area contributed by atoms with E-state index in [1.165, 1.54) is 15.7 Å². The summed E-state index contributed by atoms with van der Waals surface area (Å²) in [5.41, 5.74) is 2.82. The Balaban J connectivity index is 1.38. The third-order valence-electron chi connectivity index (χ3n) is 7.87. The Labute approximate surface area is 244 Å². The van der Waals surface area contributed by atoms with E-state index in [2.05, 4.69) is 78.5 Å². The molecule has 0 bridgehead atoms. The highest BCUT2D eigenvalue weighted by molar-refractivity contribution is 5.78. The SMILES string of the molecule is CC(C)(CC1(C)CC=CC=C1c1ccccc1)Nc1nc(N2CCOCC2)nc(-n2c(C(F)F)nc3ccccc32)n1. The van der Waals surface area contributed by atoms with Gasteiger partial charge in [-0.05, 0) is 55.4 Å². The smallest absolute Gasteiger partial charge is 0.296 e. The number of ether oxygens (including phenoxy) is 1. The van der Waals surface area contributed by atoms with Crippen molar-refractivity contribution in [3.8, 4) is 5.95 Å². The van der Waals surface area contributed by atoms with E-state index >= 15 is 0 Å². The van der Waals surface area contributed by atoms with E-state index in [4.69, 9.17) is 14.7 Å². The van der Waals surface area contributed by atoms with Gasteiger partial charge in [0.15, 0.2) is 5.82 Å². The number of morpholine rings is 1. The van der Waals surface area contributed by atoms with Crippen molar-refractivity contribution >= 4 is 28.5 Å². The van der Waals surface area contributed by atoms with Crippen molar-refractivity contribution in [3.63, 3.8) is 0 Å². The fraction of sp³-hybridized carbons (Fsp3) is 0.375. The number of aromatic nitrogens is 5. The highest BCUT2D eigenvalue weighted by atomic mass is 19.3. The predicted molar refractivity (Wildman–Crippen MR) is 161 cm³/mol. The minimum atomic E-state index is -2.81. The lowest BCUT2D eigenvalue weighted by Crippen LogP contribution is -2.40. The lowest BCUT2D eigenvalue weighted by atomic mass is 9.67. The van der Waals surface area contributed by atoms with Crippen LogP contribution in [-0.2, 0) is 4.74 Å². The first-order chi connectivity index (χ1) is 20.2. The number of rotatable bonds is 8. The van der Waals surface area contributed by atoms with Crippen molar-refractivity contribution in [3.05, 3.63) is 84.2 Å². The fourth-order valence-corrected chi connectivity index (χ4v) is 6.17. The van der Waals surface area contributed by atoms with Crippen LogP contribution in [0.5, 0.6) is 0 Å². The molecule has 1 atom stereocenters. The van der Waals surface area contributed by atoms with Crippen LogP contribution in [0.2, 0.25) is 0 Å². The topological polar surface area (TPSA) is 81.0 Å². The number of hydrogen-bond acceptors (Lipinski definition) is 7. The zero-order valence-electron chi connectivity index (χ0n) is 24.1. The van der Waals surface area contributed by atoms with Crippen LogP contribution in [-0.4, -0.2) is 56.3 Å². The summed E-state index contributed by atoms with van der Waals surface area (Å²) in [5.74, 6) is 0.436. The third kappa shape index (κ3) is 5.63. The van der Waals surface area contributed by atoms with Crippen LogP contribution in [0.25, 0.3) is 22.6 Å². The largest absolute Gasteiger partial charge is 0.378 e. The molecule has 0 radical (unpaired) electrons. The van der Waals surface area contributed by atoms with E-state index in [1.807, 2.05) is 11.0 Å². The summed E-state index contributed by atoms with van der Waals surface area (Å²) in [5, 5.41) is 3.55. The first kappa shape index (κ1) is 28.0. The van der Waals surface area contributed by atoms with Crippen molar-refractivity contribution < 1.29 is 13.5 Å². The molecule has 0 amide bonds. The van der Waals surface area contributed by atoms with E-state index in [0.29, 0.717) is 49.2 Å². The summed E-state index contributed by atoms with van der Waals surface area (Å²) in [7, 11) is 0. The van der Waals surface area contributed by atoms with Crippen LogP contribution < -0.4 is 10.2 Å². The summed E-state index contributed by atoms with van der Waals surface area (Å²) < 4.78 is 35.4. The maximum absolute atomic E-state index is 14.2. The van der Waals surface area contributed by atoms with Gasteiger partial charge in [-0.2, -0.15) is 15.0 Å². The van der Waals surface area contributed by atoms with Crippen LogP contribution >= 0.6 is 0 Å². The molecule has 1 saturated heterocycles. The third-order valence-corrected chi connectivity index (χ3v) is 7.87. The quantitative estimate of drug-likeness (QED) is 0.255. The standard InChI is InChI=1S/C32H35F2N7O/c1-31(2,21-32(3)16-10-9-13-23(32)22-11-5-4-6-12-22)39-28-36-29(40-17-19-42-20-18-40)38-30(37-28)41-25-15-8-7-14-24(25)35-27(41)26(33)34/h4-15,26H,16-21H2,1-3H3,(H,36,37,38,39). The summed E-state index contributed by atoms with van der Waals surface area (Å²) in [6.45, 7) is 8.77. The molecule has 2 aromatic carbocycles. The van der Waals surface area contributed by atoms with Crippen LogP contribution in [0, 0.1) is 5.41 Å². The van der Waals surface area contributed by atoms with Gasteiger partial charge in [-0.3, -0.25) is 4.57 Å². The van der Waals surface area contributed by atoms with Crippen LogP contribution in [0.1, 0.15) is 51.4 Å². The molecule has 218 valence electrons. The van der Waals surface area contributed by atoms with Gasteiger partial charge < -0.3 is 15.0 Å². The highest BCUT2D eigenvalue weighted by Crippen LogP contribution is 2.46. The Morgan fingerprint density at radius 1 is 0.952 bits per heavy atom. The summed E-state index contributed by atoms with van der Waals surface area (Å²) in [6, 6.07) is 17.5. The number of halogens is 2. The molecule has 8 nitrogen and oxygen atoms in total. The second kappa shape index (κ2) is 11.2. The summed E-state index contributed by atoms with van der Waals surface area (Å²) >= 11 is 0. The molecular formula is C32H35F2N7O. The Morgan fingerprint density at radius 2 is 1.67 bits per heavy atom. The number of nitrogens with zero attached hydrogens (tertiary/aromatic N) is 6. The number of alkyl halides is 2. The summed E-state index contributed by atoms with van der Waals surface area (Å²) in [4.78, 5) is 20.4. The number of imidazole rings is 1. The Kier molecular flexibility index (Phi) is 7.49. The Hall–Kier alpha value is -4.18. The lowest BCUT2D eigenvalue weighted by molar-refractivity contribution is 0.122. The van der Waals surface area contributed by atoms with Crippen molar-refractivity contribution in [2.45, 2.75) is 45.6 Å². The molecule has 1 N–H and O–H groups in total. The molecule has 0 spiro atoms. The van der Waals surface area contributed by atoms with Crippen LogP contribution in [0.15, 0.2) is 72.8 Å². The first-order valence-corrected chi connectivity index (χ1v) is 14.3. The number of allylic oxidation sites excluding steroid dienone is 4. The van der Waals surface area contributed by atoms with Crippen molar-refractivity contribution in [2.24, 2.45) is 5.41 Å². The van der Waals surface area contributed by atoms with E-state index < -0.39 is 17.8 Å². The van der Waals surface area contributed by atoms with Gasteiger partial charge in [-0.25, -0.2) is 13.8 Å². The van der Waals surface area contributed by atoms with Crippen LogP contribution in [0.4, 0.5) is 20.7 Å². The molecule has 4 aromatic rings. The summed E-state index contributed by atoms with van der Waals surface area (Å²) in [6.07, 6.45) is 5.37. The van der Waals surface area contributed by atoms with Crippen molar-refractivity contribution in [2.75, 3.05) is 36.5 Å². The number of fused-ring (bicyclic) bond motifs is 1. The van der Waals surface area contributed by atoms with E-state index in [0.717, 1.165) is 12.8 Å². The lowest BCUT2D eigenvalue weighted by Gasteiger charge is -2.41. The molecule has 6 rings (SSSR count). The average molecular weight is 572 g/mol. The molecule has 1 aliphatic carbocycles. The van der Waals surface area contributed by atoms with E-state index in [-0.39, 0.29) is 11.4 Å². The fourth-order valence-electron chi connectivity index (χ4n) is 6.17. The van der Waals surface area contributed by atoms with Gasteiger partial charge in [0.05, 0.1) is 24.2 Å². The number of benzene rings is 2. The molecule has 1 fully saturated rings. The number of hydrogen-bond donors (Lipinski definition) is 1. The Morgan fingerprint density at radius 3 is 2.43 bits per heavy atom. The molecule has 10 heteroatoms. The monoisotopic (exact) mass is 571 g/mol. The zero-order chi connectivity index (χ0) is 29.3. The molecule has 0 saturated carbocycles. The molecule has 2 aromatic heterocycles. The van der Waals surface area contributed by atoms with E-state index in [1.54, 1.807) is 24.3 Å². The second-order valence-corrected chi connectivity index (χ2v) is 11.8. The minimum Gasteiger partial charge on any atom is -0.378 e. The number of para-hydroxylation sites is 2. The van der Waals surface area contributed by atoms with Crippen LogP contribution in [0.3, 0.4) is 0 Å². The van der Waals surface area contributed by atoms with Gasteiger partial charge in [0.25, 0.3) is 6.43 Å². The van der Waals surface area contributed by atoms with Gasteiger partial charge in [-0.15, -0.1) is 0 Å². The average Bonchev–Trinajstić information content (AvgIpc) is 3.38. The number of nitrogens with one attached hydrogen (secondary N) is 1. The van der Waals surface area contributed by atoms with Gasteiger partial charge in [0.1, 0.15) is 0 Å². The molecule has 3 heterocycles. The highest BCUT2D eigenvalue weighted by Gasteiger charge is 2.37. The maximum atomic E-state index is 14.2. The van der Waals surface area contributed by atoms with Gasteiger partial charge >= 0.3 is 0 Å². The first-order valence-electron chi connectivity index (χ1n) is 14.3. The van der Waals surface area contributed by atoms with E-state index in [9.17, 15) is 8.78 Å². The van der Waals surface area contributed by atoms with Gasteiger partial charge in [-0.1, -0.05) is 67.6 Å².